The first-order valence-corrected chi connectivity index (χ1v) is 7.69. The van der Waals surface area contributed by atoms with Gasteiger partial charge < -0.3 is 11.1 Å². The molecule has 110 valence electrons. The molecule has 0 radical (unpaired) electrons. The predicted octanol–water partition coefficient (Wildman–Crippen LogP) is 0.432. The van der Waals surface area contributed by atoms with Gasteiger partial charge in [-0.1, -0.05) is 0 Å². The van der Waals surface area contributed by atoms with Crippen LogP contribution in [0, 0.1) is 0 Å². The third kappa shape index (κ3) is 5.87. The Morgan fingerprint density at radius 3 is 2.63 bits per heavy atom. The van der Waals surface area contributed by atoms with E-state index in [9.17, 15) is 13.2 Å². The highest BCUT2D eigenvalue weighted by Gasteiger charge is 2.14. The number of thiophene rings is 1. The third-order valence-electron chi connectivity index (χ3n) is 2.14. The maximum Gasteiger partial charge on any atom is 0.249 e. The number of amides is 1. The van der Waals surface area contributed by atoms with Crippen LogP contribution < -0.4 is 15.8 Å². The fourth-order valence-corrected chi connectivity index (χ4v) is 3.38. The number of carbonyl (C=O) groups excluding carboxylic acids is 1. The summed E-state index contributed by atoms with van der Waals surface area (Å²) in [6, 6.07) is 3.01. The Hall–Kier alpha value is -0.670. The molecule has 1 atom stereocenters. The van der Waals surface area contributed by atoms with Crippen LogP contribution in [0.2, 0.25) is 0 Å². The Labute approximate surface area is 123 Å². The van der Waals surface area contributed by atoms with Crippen LogP contribution in [-0.4, -0.2) is 27.4 Å². The molecule has 9 heteroatoms. The maximum absolute atomic E-state index is 11.5. The molecule has 0 aromatic carbocycles. The minimum atomic E-state index is -3.40. The second-order valence-electron chi connectivity index (χ2n) is 3.89. The Balaban J connectivity index is 0.00000324. The molecular formula is C10H18ClN3O3S2. The van der Waals surface area contributed by atoms with Gasteiger partial charge >= 0.3 is 0 Å². The maximum atomic E-state index is 11.5. The average Bonchev–Trinajstić information content (AvgIpc) is 2.74. The summed E-state index contributed by atoms with van der Waals surface area (Å²) in [5, 5.41) is 2.69. The number of nitrogens with two attached hydrogens (primary N) is 1. The second kappa shape index (κ2) is 7.81. The summed E-state index contributed by atoms with van der Waals surface area (Å²) in [5.41, 5.74) is 5.50. The van der Waals surface area contributed by atoms with Crippen molar-refractivity contribution in [2.24, 2.45) is 5.73 Å². The smallest absolute Gasteiger partial charge is 0.249 e. The number of hydrogen-bond donors (Lipinski definition) is 3. The largest absolute Gasteiger partial charge is 0.351 e. The molecular weight excluding hydrogens is 310 g/mol. The van der Waals surface area contributed by atoms with Crippen LogP contribution in [0.1, 0.15) is 18.2 Å². The van der Waals surface area contributed by atoms with Gasteiger partial charge in [0.15, 0.2) is 0 Å². The second-order valence-corrected chi connectivity index (χ2v) is 7.17. The molecule has 4 N–H and O–H groups in total. The SMILES string of the molecule is CNS(=O)(=O)c1ccc(CNC(=O)CC(C)N)s1.Cl. The fourth-order valence-electron chi connectivity index (χ4n) is 1.25. The molecule has 0 aliphatic rings. The first-order valence-electron chi connectivity index (χ1n) is 5.39. The molecule has 19 heavy (non-hydrogen) atoms. The molecule has 0 saturated heterocycles. The molecule has 0 aliphatic carbocycles. The zero-order valence-electron chi connectivity index (χ0n) is 10.7. The summed E-state index contributed by atoms with van der Waals surface area (Å²) in [6.07, 6.45) is 0.257. The number of carbonyl (C=O) groups is 1. The van der Waals surface area contributed by atoms with E-state index in [1.54, 1.807) is 13.0 Å². The normalized spacial score (nSPS) is 12.6. The summed E-state index contributed by atoms with van der Waals surface area (Å²) in [6.45, 7) is 2.07. The van der Waals surface area contributed by atoms with Crippen LogP contribution in [0.5, 0.6) is 0 Å². The van der Waals surface area contributed by atoms with Gasteiger partial charge in [-0.2, -0.15) is 0 Å². The van der Waals surface area contributed by atoms with Crippen molar-refractivity contribution in [3.63, 3.8) is 0 Å². The number of nitrogens with one attached hydrogen (secondary N) is 2. The van der Waals surface area contributed by atoms with Gasteiger partial charge in [-0.05, 0) is 26.1 Å². The molecule has 1 aromatic rings. The molecule has 0 saturated carbocycles. The first-order chi connectivity index (χ1) is 8.35. The van der Waals surface area contributed by atoms with E-state index in [4.69, 9.17) is 5.73 Å². The quantitative estimate of drug-likeness (QED) is 0.705. The van der Waals surface area contributed by atoms with Crippen molar-refractivity contribution in [1.29, 1.82) is 0 Å². The molecule has 1 heterocycles. The lowest BCUT2D eigenvalue weighted by Gasteiger charge is -2.05. The van der Waals surface area contributed by atoms with Crippen molar-refractivity contribution >= 4 is 39.7 Å². The van der Waals surface area contributed by atoms with E-state index in [-0.39, 0.29) is 35.0 Å². The summed E-state index contributed by atoms with van der Waals surface area (Å²) < 4.78 is 25.5. The van der Waals surface area contributed by atoms with E-state index in [0.717, 1.165) is 16.2 Å². The molecule has 1 unspecified atom stereocenters. The lowest BCUT2D eigenvalue weighted by atomic mass is 10.2. The zero-order chi connectivity index (χ0) is 13.8. The van der Waals surface area contributed by atoms with E-state index in [1.165, 1.54) is 13.1 Å². The van der Waals surface area contributed by atoms with E-state index in [1.807, 2.05) is 0 Å². The number of sulfonamides is 1. The zero-order valence-corrected chi connectivity index (χ0v) is 13.1. The van der Waals surface area contributed by atoms with E-state index in [2.05, 4.69) is 10.0 Å². The van der Waals surface area contributed by atoms with E-state index < -0.39 is 10.0 Å². The molecule has 0 aliphatic heterocycles. The Morgan fingerprint density at radius 1 is 1.47 bits per heavy atom. The molecule has 1 rings (SSSR count). The summed E-state index contributed by atoms with van der Waals surface area (Å²) in [7, 11) is -2.04. The predicted molar refractivity (Wildman–Crippen MR) is 77.9 cm³/mol. The third-order valence-corrected chi connectivity index (χ3v) is 5.13. The van der Waals surface area contributed by atoms with Crippen LogP contribution in [0.25, 0.3) is 0 Å². The Bertz CT molecular complexity index is 514. The number of hydrogen-bond acceptors (Lipinski definition) is 5. The number of halogens is 1. The Morgan fingerprint density at radius 2 is 2.11 bits per heavy atom. The topological polar surface area (TPSA) is 101 Å². The van der Waals surface area contributed by atoms with Gasteiger partial charge in [0.2, 0.25) is 15.9 Å². The number of rotatable bonds is 6. The molecule has 0 bridgehead atoms. The van der Waals surface area contributed by atoms with E-state index >= 15 is 0 Å². The molecule has 0 fully saturated rings. The van der Waals surface area contributed by atoms with Gasteiger partial charge in [0.05, 0.1) is 6.54 Å². The van der Waals surface area contributed by atoms with Crippen molar-refractivity contribution in [3.8, 4) is 0 Å². The van der Waals surface area contributed by atoms with Crippen molar-refractivity contribution in [1.82, 2.24) is 10.0 Å². The van der Waals surface area contributed by atoms with Crippen LogP contribution in [-0.2, 0) is 21.4 Å². The van der Waals surface area contributed by atoms with Crippen molar-refractivity contribution in [2.45, 2.75) is 30.1 Å². The van der Waals surface area contributed by atoms with Gasteiger partial charge in [0.25, 0.3) is 0 Å². The average molecular weight is 328 g/mol. The van der Waals surface area contributed by atoms with Crippen LogP contribution >= 0.6 is 23.7 Å². The summed E-state index contributed by atoms with van der Waals surface area (Å²) in [5.74, 6) is -0.142. The fraction of sp³-hybridized carbons (Fsp3) is 0.500. The van der Waals surface area contributed by atoms with Gasteiger partial charge in [0.1, 0.15) is 4.21 Å². The highest BCUT2D eigenvalue weighted by molar-refractivity contribution is 7.91. The standard InChI is InChI=1S/C10H17N3O3S2.ClH/c1-7(11)5-9(14)13-6-8-3-4-10(17-8)18(15,16)12-2;/h3-4,7,12H,5-6,11H2,1-2H3,(H,13,14);1H. The molecule has 1 aromatic heterocycles. The minimum Gasteiger partial charge on any atom is -0.351 e. The van der Waals surface area contributed by atoms with E-state index in [0.29, 0.717) is 6.54 Å². The van der Waals surface area contributed by atoms with Crippen molar-refractivity contribution in [2.75, 3.05) is 7.05 Å². The lowest BCUT2D eigenvalue weighted by Crippen LogP contribution is -2.29. The summed E-state index contributed by atoms with van der Waals surface area (Å²) >= 11 is 1.13. The van der Waals surface area contributed by atoms with Crippen LogP contribution in [0.3, 0.4) is 0 Å². The Kier molecular flexibility index (Phi) is 7.53. The van der Waals surface area contributed by atoms with Gasteiger partial charge in [-0.15, -0.1) is 23.7 Å². The van der Waals surface area contributed by atoms with Gasteiger partial charge in [-0.3, -0.25) is 4.79 Å². The first kappa shape index (κ1) is 18.3. The van der Waals surface area contributed by atoms with Gasteiger partial charge in [0, 0.05) is 17.3 Å². The highest BCUT2D eigenvalue weighted by atomic mass is 35.5. The van der Waals surface area contributed by atoms with Crippen molar-refractivity contribution in [3.05, 3.63) is 17.0 Å². The van der Waals surface area contributed by atoms with Crippen LogP contribution in [0.15, 0.2) is 16.3 Å². The molecule has 6 nitrogen and oxygen atoms in total. The molecule has 0 spiro atoms. The van der Waals surface area contributed by atoms with Crippen molar-refractivity contribution < 1.29 is 13.2 Å². The summed E-state index contributed by atoms with van der Waals surface area (Å²) in [4.78, 5) is 12.1. The van der Waals surface area contributed by atoms with Gasteiger partial charge in [-0.25, -0.2) is 13.1 Å². The molecule has 1 amide bonds. The monoisotopic (exact) mass is 327 g/mol. The highest BCUT2D eigenvalue weighted by Crippen LogP contribution is 2.20. The lowest BCUT2D eigenvalue weighted by molar-refractivity contribution is -0.121. The van der Waals surface area contributed by atoms with Crippen LogP contribution in [0.4, 0.5) is 0 Å². The minimum absolute atomic E-state index is 0.